The van der Waals surface area contributed by atoms with Crippen LogP contribution in [0.15, 0.2) is 23.6 Å². The summed E-state index contributed by atoms with van der Waals surface area (Å²) in [6.45, 7) is 0. The van der Waals surface area contributed by atoms with E-state index in [1.54, 1.807) is 6.07 Å². The molecule has 2 N–H and O–H groups in total. The number of aromatic nitrogens is 2. The molecule has 1 saturated carbocycles. The number of hydrogen-bond acceptors (Lipinski definition) is 5. The molecule has 0 aromatic carbocycles. The van der Waals surface area contributed by atoms with E-state index in [-0.39, 0.29) is 5.69 Å². The molecule has 1 aliphatic carbocycles. The number of hydrogen-bond donors (Lipinski definition) is 2. The quantitative estimate of drug-likeness (QED) is 0.667. The Kier molecular flexibility index (Phi) is 3.49. The highest BCUT2D eigenvalue weighted by molar-refractivity contribution is 7.77. The van der Waals surface area contributed by atoms with Gasteiger partial charge in [-0.25, -0.2) is 13.2 Å². The second-order valence-corrected chi connectivity index (χ2v) is 5.70. The molecule has 8 heteroatoms. The third-order valence-corrected chi connectivity index (χ3v) is 4.26. The van der Waals surface area contributed by atoms with Gasteiger partial charge in [-0.05, 0) is 24.1 Å². The molecule has 1 aliphatic rings. The fraction of sp³-hybridized carbons (Fsp3) is 0.417. The van der Waals surface area contributed by atoms with Gasteiger partial charge < -0.3 is 5.32 Å². The van der Waals surface area contributed by atoms with Crippen LogP contribution in [0.3, 0.4) is 0 Å². The number of pyridine rings is 1. The van der Waals surface area contributed by atoms with Gasteiger partial charge in [0.15, 0.2) is 5.65 Å². The van der Waals surface area contributed by atoms with Crippen molar-refractivity contribution in [2.75, 3.05) is 5.32 Å². The molecule has 1 atom stereocenters. The zero-order valence-electron chi connectivity index (χ0n) is 10.7. The molecule has 1 unspecified atom stereocenters. The Morgan fingerprint density at radius 1 is 1.45 bits per heavy atom. The van der Waals surface area contributed by atoms with Gasteiger partial charge in [-0.3, -0.25) is 4.55 Å². The second kappa shape index (κ2) is 5.29. The molecule has 0 spiro atoms. The Balaban J connectivity index is 2.10. The fourth-order valence-corrected chi connectivity index (χ4v) is 3.13. The SMILES string of the molecule is O=Nc1cnc2c(ccn2S(=O)O)c1NC1CCCC1. The maximum Gasteiger partial charge on any atom is 0.267 e. The highest BCUT2D eigenvalue weighted by Gasteiger charge is 2.20. The van der Waals surface area contributed by atoms with E-state index in [0.29, 0.717) is 22.8 Å². The number of nitroso groups, excluding NO2 is 1. The van der Waals surface area contributed by atoms with Gasteiger partial charge >= 0.3 is 0 Å². The summed E-state index contributed by atoms with van der Waals surface area (Å²) in [4.78, 5) is 15.0. The lowest BCUT2D eigenvalue weighted by atomic mass is 10.2. The van der Waals surface area contributed by atoms with Gasteiger partial charge in [0.1, 0.15) is 5.69 Å². The number of fused-ring (bicyclic) bond motifs is 1. The molecule has 0 saturated heterocycles. The molecule has 1 fully saturated rings. The van der Waals surface area contributed by atoms with Gasteiger partial charge in [-0.2, -0.15) is 0 Å². The summed E-state index contributed by atoms with van der Waals surface area (Å²) in [6, 6.07) is 1.98. The molecule has 0 aliphatic heterocycles. The zero-order chi connectivity index (χ0) is 14.1. The van der Waals surface area contributed by atoms with E-state index in [4.69, 9.17) is 0 Å². The largest absolute Gasteiger partial charge is 0.380 e. The topological polar surface area (TPSA) is 96.6 Å². The lowest BCUT2D eigenvalue weighted by molar-refractivity contribution is 0.556. The Hall–Kier alpha value is -1.80. The van der Waals surface area contributed by atoms with Crippen molar-refractivity contribution >= 4 is 33.7 Å². The van der Waals surface area contributed by atoms with Crippen molar-refractivity contribution in [1.82, 2.24) is 8.96 Å². The smallest absolute Gasteiger partial charge is 0.267 e. The maximum atomic E-state index is 11.2. The first-order valence-corrected chi connectivity index (χ1v) is 7.48. The number of anilines is 1. The van der Waals surface area contributed by atoms with Gasteiger partial charge in [0.2, 0.25) is 0 Å². The molecular formula is C12H14N4O3S. The van der Waals surface area contributed by atoms with Crippen LogP contribution >= 0.6 is 0 Å². The maximum absolute atomic E-state index is 11.2. The minimum atomic E-state index is -2.18. The van der Waals surface area contributed by atoms with Crippen LogP contribution in [-0.2, 0) is 11.3 Å². The monoisotopic (exact) mass is 294 g/mol. The Morgan fingerprint density at radius 2 is 2.20 bits per heavy atom. The highest BCUT2D eigenvalue weighted by atomic mass is 32.2. The van der Waals surface area contributed by atoms with Crippen LogP contribution in [0.2, 0.25) is 0 Å². The van der Waals surface area contributed by atoms with Crippen LogP contribution < -0.4 is 5.32 Å². The average Bonchev–Trinajstić information content (AvgIpc) is 3.07. The van der Waals surface area contributed by atoms with Crippen LogP contribution in [0.4, 0.5) is 11.4 Å². The van der Waals surface area contributed by atoms with Crippen LogP contribution in [-0.4, -0.2) is 23.8 Å². The Labute approximate surface area is 117 Å². The third-order valence-electron chi connectivity index (χ3n) is 3.63. The molecule has 0 amide bonds. The summed E-state index contributed by atoms with van der Waals surface area (Å²) in [7, 11) is 0. The van der Waals surface area contributed by atoms with Gasteiger partial charge in [-0.15, -0.1) is 4.91 Å². The molecule has 0 radical (unpaired) electrons. The lowest BCUT2D eigenvalue weighted by Gasteiger charge is -2.15. The van der Waals surface area contributed by atoms with E-state index in [1.807, 2.05) is 0 Å². The zero-order valence-corrected chi connectivity index (χ0v) is 11.5. The van der Waals surface area contributed by atoms with Crippen molar-refractivity contribution in [3.63, 3.8) is 0 Å². The number of rotatable bonds is 4. The fourth-order valence-electron chi connectivity index (χ4n) is 2.67. The van der Waals surface area contributed by atoms with Crippen LogP contribution in [0, 0.1) is 4.91 Å². The van der Waals surface area contributed by atoms with E-state index >= 15 is 0 Å². The Bertz CT molecular complexity index is 679. The summed E-state index contributed by atoms with van der Waals surface area (Å²) in [5.74, 6) is 0. The molecule has 20 heavy (non-hydrogen) atoms. The van der Waals surface area contributed by atoms with E-state index in [2.05, 4.69) is 15.5 Å². The highest BCUT2D eigenvalue weighted by Crippen LogP contribution is 2.35. The van der Waals surface area contributed by atoms with Crippen molar-refractivity contribution in [3.8, 4) is 0 Å². The first-order valence-electron chi connectivity index (χ1n) is 6.42. The second-order valence-electron chi connectivity index (χ2n) is 4.84. The van der Waals surface area contributed by atoms with Crippen molar-refractivity contribution in [2.24, 2.45) is 5.18 Å². The number of nitrogens with zero attached hydrogens (tertiary/aromatic N) is 3. The molecule has 106 valence electrons. The number of nitrogens with one attached hydrogen (secondary N) is 1. The first-order chi connectivity index (χ1) is 9.70. The van der Waals surface area contributed by atoms with E-state index < -0.39 is 11.3 Å². The van der Waals surface area contributed by atoms with Crippen LogP contribution in [0.1, 0.15) is 25.7 Å². The lowest BCUT2D eigenvalue weighted by Crippen LogP contribution is -2.15. The molecule has 7 nitrogen and oxygen atoms in total. The van der Waals surface area contributed by atoms with E-state index in [9.17, 15) is 13.7 Å². The predicted molar refractivity (Wildman–Crippen MR) is 77.2 cm³/mol. The Morgan fingerprint density at radius 3 is 2.85 bits per heavy atom. The third kappa shape index (κ3) is 2.20. The van der Waals surface area contributed by atoms with E-state index in [1.165, 1.54) is 12.4 Å². The summed E-state index contributed by atoms with van der Waals surface area (Å²) < 4.78 is 21.6. The summed E-state index contributed by atoms with van der Waals surface area (Å²) in [6.07, 6.45) is 7.23. The molecule has 2 aromatic rings. The summed E-state index contributed by atoms with van der Waals surface area (Å²) in [5.41, 5.74) is 1.19. The summed E-state index contributed by atoms with van der Waals surface area (Å²) in [5, 5.41) is 6.96. The van der Waals surface area contributed by atoms with Crippen molar-refractivity contribution in [3.05, 3.63) is 23.4 Å². The molecule has 2 heterocycles. The first kappa shape index (κ1) is 13.2. The summed E-state index contributed by atoms with van der Waals surface area (Å²) >= 11 is -2.18. The average molecular weight is 294 g/mol. The van der Waals surface area contributed by atoms with Crippen molar-refractivity contribution in [1.29, 1.82) is 0 Å². The molecule has 2 aromatic heterocycles. The van der Waals surface area contributed by atoms with Gasteiger partial charge in [-0.1, -0.05) is 12.8 Å². The van der Waals surface area contributed by atoms with Crippen molar-refractivity contribution in [2.45, 2.75) is 31.7 Å². The predicted octanol–water partition coefficient (Wildman–Crippen LogP) is 2.77. The minimum absolute atomic E-state index is 0.228. The van der Waals surface area contributed by atoms with Gasteiger partial charge in [0.05, 0.1) is 11.9 Å². The van der Waals surface area contributed by atoms with Gasteiger partial charge in [0.25, 0.3) is 11.3 Å². The normalized spacial score (nSPS) is 17.4. The standard InChI is InChI=1S/C12H14N4O3S/c17-15-10-7-13-12-9(5-6-16(12)20(18)19)11(10)14-8-3-1-2-4-8/h5-8H,1-4H2,(H,13,14)(H,18,19). The minimum Gasteiger partial charge on any atom is -0.380 e. The van der Waals surface area contributed by atoms with E-state index in [0.717, 1.165) is 29.7 Å². The van der Waals surface area contributed by atoms with Crippen LogP contribution in [0.5, 0.6) is 0 Å². The molecular weight excluding hydrogens is 280 g/mol. The van der Waals surface area contributed by atoms with Crippen LogP contribution in [0.25, 0.3) is 11.0 Å². The molecule has 0 bridgehead atoms. The van der Waals surface area contributed by atoms with Crippen molar-refractivity contribution < 1.29 is 8.76 Å². The van der Waals surface area contributed by atoms with Gasteiger partial charge in [0, 0.05) is 17.6 Å². The molecule has 3 rings (SSSR count).